The standard InChI is InChI=1S/C9H13NO3/c1-12-5-2-6-13-8-3-4-10-9(11)7-8/h3-4,7H,2,5-6H2,1H3,(H,10,11). The van der Waals surface area contributed by atoms with Crippen molar-refractivity contribution in [3.05, 3.63) is 18.3 Å². The van der Waals surface area contributed by atoms with Gasteiger partial charge in [0.1, 0.15) is 5.75 Å². The Hall–Kier alpha value is -1.29. The molecule has 1 aromatic rings. The van der Waals surface area contributed by atoms with Crippen LogP contribution in [0.25, 0.3) is 0 Å². The Bertz CT molecular complexity index is 252. The lowest BCUT2D eigenvalue weighted by Gasteiger charge is -2.04. The van der Waals surface area contributed by atoms with E-state index >= 15 is 0 Å². The van der Waals surface area contributed by atoms with Crippen molar-refractivity contribution in [3.63, 3.8) is 0 Å². The van der Waals surface area contributed by atoms with E-state index < -0.39 is 0 Å². The zero-order chi connectivity index (χ0) is 9.52. The summed E-state index contributed by atoms with van der Waals surface area (Å²) in [4.78, 5) is 3.64. The van der Waals surface area contributed by atoms with Gasteiger partial charge in [-0.2, -0.15) is 0 Å². The summed E-state index contributed by atoms with van der Waals surface area (Å²) in [5, 5.41) is 9.00. The average molecular weight is 183 g/mol. The lowest BCUT2D eigenvalue weighted by Crippen LogP contribution is -2.01. The lowest BCUT2D eigenvalue weighted by molar-refractivity contribution is 0.172. The summed E-state index contributed by atoms with van der Waals surface area (Å²) in [6, 6.07) is 3.18. The first-order valence-electron chi connectivity index (χ1n) is 4.09. The predicted molar refractivity (Wildman–Crippen MR) is 47.9 cm³/mol. The molecular weight excluding hydrogens is 170 g/mol. The van der Waals surface area contributed by atoms with Gasteiger partial charge in [0.2, 0.25) is 5.88 Å². The summed E-state index contributed by atoms with van der Waals surface area (Å²) < 4.78 is 10.2. The molecule has 1 heterocycles. The Morgan fingerprint density at radius 3 is 3.00 bits per heavy atom. The molecule has 0 aromatic carbocycles. The van der Waals surface area contributed by atoms with Crippen LogP contribution in [0.5, 0.6) is 11.6 Å². The summed E-state index contributed by atoms with van der Waals surface area (Å²) in [6.45, 7) is 1.26. The predicted octanol–water partition coefficient (Wildman–Crippen LogP) is 1.20. The van der Waals surface area contributed by atoms with Crippen LogP contribution in [0.3, 0.4) is 0 Å². The molecule has 72 valence electrons. The maximum Gasteiger partial charge on any atom is 0.214 e. The van der Waals surface area contributed by atoms with Gasteiger partial charge in [-0.15, -0.1) is 0 Å². The summed E-state index contributed by atoms with van der Waals surface area (Å²) in [6.07, 6.45) is 2.33. The minimum absolute atomic E-state index is 0.0239. The van der Waals surface area contributed by atoms with E-state index in [0.29, 0.717) is 19.0 Å². The molecule has 0 bridgehead atoms. The average Bonchev–Trinajstić information content (AvgIpc) is 2.13. The van der Waals surface area contributed by atoms with Crippen molar-refractivity contribution in [2.45, 2.75) is 6.42 Å². The molecule has 13 heavy (non-hydrogen) atoms. The SMILES string of the molecule is COCCCOc1ccnc(O)c1. The highest BCUT2D eigenvalue weighted by atomic mass is 16.5. The van der Waals surface area contributed by atoms with E-state index in [1.807, 2.05) is 0 Å². The Morgan fingerprint density at radius 1 is 1.46 bits per heavy atom. The van der Waals surface area contributed by atoms with Crippen molar-refractivity contribution in [2.24, 2.45) is 0 Å². The van der Waals surface area contributed by atoms with Gasteiger partial charge in [-0.1, -0.05) is 0 Å². The van der Waals surface area contributed by atoms with Crippen molar-refractivity contribution >= 4 is 0 Å². The molecule has 0 fully saturated rings. The molecule has 0 aliphatic rings. The van der Waals surface area contributed by atoms with Crippen LogP contribution in [0.2, 0.25) is 0 Å². The fourth-order valence-electron chi connectivity index (χ4n) is 0.883. The zero-order valence-corrected chi connectivity index (χ0v) is 7.56. The van der Waals surface area contributed by atoms with Crippen LogP contribution in [0.15, 0.2) is 18.3 Å². The van der Waals surface area contributed by atoms with E-state index in [2.05, 4.69) is 4.98 Å². The van der Waals surface area contributed by atoms with E-state index in [0.717, 1.165) is 6.42 Å². The molecular formula is C9H13NO3. The molecule has 4 heteroatoms. The summed E-state index contributed by atoms with van der Waals surface area (Å²) >= 11 is 0. The first kappa shape index (κ1) is 9.80. The van der Waals surface area contributed by atoms with E-state index in [9.17, 15) is 0 Å². The highest BCUT2D eigenvalue weighted by Gasteiger charge is 1.95. The minimum Gasteiger partial charge on any atom is -0.493 e. The fraction of sp³-hybridized carbons (Fsp3) is 0.444. The molecule has 0 radical (unpaired) electrons. The van der Waals surface area contributed by atoms with Gasteiger partial charge in [-0.05, 0) is 6.07 Å². The number of hydrogen-bond donors (Lipinski definition) is 1. The fourth-order valence-corrected chi connectivity index (χ4v) is 0.883. The van der Waals surface area contributed by atoms with Gasteiger partial charge in [0, 0.05) is 32.4 Å². The van der Waals surface area contributed by atoms with Crippen molar-refractivity contribution < 1.29 is 14.6 Å². The second kappa shape index (κ2) is 5.37. The topological polar surface area (TPSA) is 51.6 Å². The molecule has 4 nitrogen and oxygen atoms in total. The van der Waals surface area contributed by atoms with E-state index in [1.54, 1.807) is 13.2 Å². The minimum atomic E-state index is -0.0239. The monoisotopic (exact) mass is 183 g/mol. The number of hydrogen-bond acceptors (Lipinski definition) is 4. The number of nitrogens with zero attached hydrogens (tertiary/aromatic N) is 1. The Morgan fingerprint density at radius 2 is 2.31 bits per heavy atom. The molecule has 1 rings (SSSR count). The Labute approximate surface area is 77.1 Å². The maximum absolute atomic E-state index is 9.00. The molecule has 0 atom stereocenters. The summed E-state index contributed by atoms with van der Waals surface area (Å²) in [7, 11) is 1.65. The van der Waals surface area contributed by atoms with Crippen LogP contribution in [0.1, 0.15) is 6.42 Å². The molecule has 0 amide bonds. The van der Waals surface area contributed by atoms with Crippen molar-refractivity contribution in [1.29, 1.82) is 0 Å². The van der Waals surface area contributed by atoms with E-state index in [-0.39, 0.29) is 5.88 Å². The number of aromatic hydroxyl groups is 1. The number of pyridine rings is 1. The third-order valence-corrected chi connectivity index (χ3v) is 1.48. The van der Waals surface area contributed by atoms with Crippen molar-refractivity contribution in [3.8, 4) is 11.6 Å². The van der Waals surface area contributed by atoms with Gasteiger partial charge in [-0.25, -0.2) is 4.98 Å². The molecule has 1 aromatic heterocycles. The first-order valence-corrected chi connectivity index (χ1v) is 4.09. The van der Waals surface area contributed by atoms with Crippen LogP contribution in [-0.2, 0) is 4.74 Å². The normalized spacial score (nSPS) is 9.92. The molecule has 0 unspecified atom stereocenters. The molecule has 1 N–H and O–H groups in total. The van der Waals surface area contributed by atoms with Crippen molar-refractivity contribution in [1.82, 2.24) is 4.98 Å². The quantitative estimate of drug-likeness (QED) is 0.697. The van der Waals surface area contributed by atoms with Gasteiger partial charge in [-0.3, -0.25) is 0 Å². The van der Waals surface area contributed by atoms with Gasteiger partial charge < -0.3 is 14.6 Å². The third-order valence-electron chi connectivity index (χ3n) is 1.48. The number of ether oxygens (including phenoxy) is 2. The Kier molecular flexibility index (Phi) is 4.05. The van der Waals surface area contributed by atoms with Crippen LogP contribution < -0.4 is 4.74 Å². The van der Waals surface area contributed by atoms with E-state index in [4.69, 9.17) is 14.6 Å². The number of rotatable bonds is 5. The second-order valence-corrected chi connectivity index (χ2v) is 2.54. The second-order valence-electron chi connectivity index (χ2n) is 2.54. The maximum atomic E-state index is 9.00. The highest BCUT2D eigenvalue weighted by Crippen LogP contribution is 2.14. The number of aromatic nitrogens is 1. The smallest absolute Gasteiger partial charge is 0.214 e. The van der Waals surface area contributed by atoms with Gasteiger partial charge in [0.05, 0.1) is 6.61 Å². The summed E-state index contributed by atoms with van der Waals surface area (Å²) in [5.41, 5.74) is 0. The molecule has 0 aliphatic heterocycles. The largest absolute Gasteiger partial charge is 0.493 e. The first-order chi connectivity index (χ1) is 6.33. The van der Waals surface area contributed by atoms with E-state index in [1.165, 1.54) is 12.3 Å². The van der Waals surface area contributed by atoms with Crippen molar-refractivity contribution in [2.75, 3.05) is 20.3 Å². The summed E-state index contributed by atoms with van der Waals surface area (Å²) in [5.74, 6) is 0.604. The van der Waals surface area contributed by atoms with Crippen LogP contribution in [0.4, 0.5) is 0 Å². The highest BCUT2D eigenvalue weighted by molar-refractivity contribution is 5.24. The van der Waals surface area contributed by atoms with Gasteiger partial charge >= 0.3 is 0 Å². The lowest BCUT2D eigenvalue weighted by atomic mass is 10.4. The zero-order valence-electron chi connectivity index (χ0n) is 7.56. The third kappa shape index (κ3) is 3.75. The molecule has 0 saturated heterocycles. The van der Waals surface area contributed by atoms with Gasteiger partial charge in [0.15, 0.2) is 0 Å². The molecule has 0 aliphatic carbocycles. The van der Waals surface area contributed by atoms with Crippen LogP contribution in [0, 0.1) is 0 Å². The van der Waals surface area contributed by atoms with Gasteiger partial charge in [0.25, 0.3) is 0 Å². The Balaban J connectivity index is 2.28. The van der Waals surface area contributed by atoms with Crippen LogP contribution >= 0.6 is 0 Å². The molecule has 0 saturated carbocycles. The molecule has 0 spiro atoms. The van der Waals surface area contributed by atoms with Crippen LogP contribution in [-0.4, -0.2) is 30.4 Å². The number of methoxy groups -OCH3 is 1.